The zero-order chi connectivity index (χ0) is 24.6. The molecule has 0 aliphatic heterocycles. The fourth-order valence-electron chi connectivity index (χ4n) is 3.37. The Hall–Kier alpha value is -2.48. The number of carbonyl (C=O) groups is 1. The second-order valence-corrected chi connectivity index (χ2v) is 11.4. The van der Waals surface area contributed by atoms with E-state index < -0.39 is 10.0 Å². The van der Waals surface area contributed by atoms with Crippen LogP contribution in [-0.2, 0) is 20.6 Å². The van der Waals surface area contributed by atoms with Gasteiger partial charge in [0.1, 0.15) is 6.54 Å². The molecule has 34 heavy (non-hydrogen) atoms. The summed E-state index contributed by atoms with van der Waals surface area (Å²) in [6, 6.07) is 21.6. The molecule has 0 bridgehead atoms. The minimum absolute atomic E-state index is 0.110. The highest BCUT2D eigenvalue weighted by atomic mass is 35.5. The van der Waals surface area contributed by atoms with Crippen LogP contribution in [0.1, 0.15) is 23.1 Å². The van der Waals surface area contributed by atoms with Crippen LogP contribution >= 0.6 is 23.4 Å². The SMILES string of the molecule is Cc1ccc(S(=O)(=O)N(CC(=O)NCCCSCc2cccc(C)c2)c2ccccc2Cl)cc1. The van der Waals surface area contributed by atoms with Crippen LogP contribution in [0.3, 0.4) is 0 Å². The van der Waals surface area contributed by atoms with Gasteiger partial charge < -0.3 is 5.32 Å². The van der Waals surface area contributed by atoms with E-state index in [1.54, 1.807) is 36.4 Å². The molecule has 0 aliphatic carbocycles. The van der Waals surface area contributed by atoms with Crippen LogP contribution in [0.15, 0.2) is 77.7 Å². The molecule has 0 heterocycles. The Morgan fingerprint density at radius 1 is 0.971 bits per heavy atom. The van der Waals surface area contributed by atoms with Crippen LogP contribution in [0.5, 0.6) is 0 Å². The van der Waals surface area contributed by atoms with Crippen molar-refractivity contribution in [2.45, 2.75) is 30.9 Å². The Morgan fingerprint density at radius 3 is 2.41 bits per heavy atom. The number of hydrogen-bond acceptors (Lipinski definition) is 4. The maximum atomic E-state index is 13.4. The average Bonchev–Trinajstić information content (AvgIpc) is 2.80. The third kappa shape index (κ3) is 7.26. The van der Waals surface area contributed by atoms with E-state index in [9.17, 15) is 13.2 Å². The molecule has 0 atom stereocenters. The molecule has 0 spiro atoms. The molecule has 1 amide bonds. The summed E-state index contributed by atoms with van der Waals surface area (Å²) in [5, 5.41) is 3.10. The summed E-state index contributed by atoms with van der Waals surface area (Å²) >= 11 is 8.11. The molecule has 1 N–H and O–H groups in total. The lowest BCUT2D eigenvalue weighted by Gasteiger charge is -2.25. The maximum absolute atomic E-state index is 13.4. The molecule has 0 radical (unpaired) electrons. The Labute approximate surface area is 211 Å². The summed E-state index contributed by atoms with van der Waals surface area (Å²) in [7, 11) is -3.98. The largest absolute Gasteiger partial charge is 0.354 e. The lowest BCUT2D eigenvalue weighted by Crippen LogP contribution is -2.41. The Kier molecular flexibility index (Phi) is 9.45. The predicted molar refractivity (Wildman–Crippen MR) is 142 cm³/mol. The first-order valence-corrected chi connectivity index (χ1v) is 14.0. The number of halogens is 1. The van der Waals surface area contributed by atoms with Gasteiger partial charge in [0.05, 0.1) is 15.6 Å². The highest BCUT2D eigenvalue weighted by Crippen LogP contribution is 2.30. The van der Waals surface area contributed by atoms with E-state index in [4.69, 9.17) is 11.6 Å². The number of para-hydroxylation sites is 1. The van der Waals surface area contributed by atoms with Gasteiger partial charge in [-0.15, -0.1) is 0 Å². The van der Waals surface area contributed by atoms with Crippen molar-refractivity contribution in [3.63, 3.8) is 0 Å². The number of carbonyl (C=O) groups excluding carboxylic acids is 1. The molecule has 0 aromatic heterocycles. The molecule has 3 aromatic rings. The molecule has 3 aromatic carbocycles. The van der Waals surface area contributed by atoms with Crippen molar-refractivity contribution in [1.29, 1.82) is 0 Å². The Morgan fingerprint density at radius 2 is 1.71 bits per heavy atom. The first kappa shape index (κ1) is 26.1. The Bertz CT molecular complexity index is 1210. The zero-order valence-corrected chi connectivity index (χ0v) is 21.7. The van der Waals surface area contributed by atoms with Gasteiger partial charge in [-0.25, -0.2) is 8.42 Å². The molecule has 0 saturated heterocycles. The summed E-state index contributed by atoms with van der Waals surface area (Å²) in [5.74, 6) is 1.44. The smallest absolute Gasteiger partial charge is 0.264 e. The molecule has 180 valence electrons. The number of sulfonamides is 1. The van der Waals surface area contributed by atoms with Crippen LogP contribution < -0.4 is 9.62 Å². The molecule has 5 nitrogen and oxygen atoms in total. The van der Waals surface area contributed by atoms with Gasteiger partial charge >= 0.3 is 0 Å². The third-order valence-corrected chi connectivity index (χ3v) is 8.36. The van der Waals surface area contributed by atoms with Crippen LogP contribution in [0.25, 0.3) is 0 Å². The summed E-state index contributed by atoms with van der Waals surface area (Å²) in [6.45, 7) is 4.08. The summed E-state index contributed by atoms with van der Waals surface area (Å²) in [6.07, 6.45) is 0.791. The van der Waals surface area contributed by atoms with Gasteiger partial charge in [0.25, 0.3) is 10.0 Å². The molecule has 0 saturated carbocycles. The van der Waals surface area contributed by atoms with Crippen LogP contribution in [0.2, 0.25) is 5.02 Å². The van der Waals surface area contributed by atoms with Gasteiger partial charge in [0.15, 0.2) is 0 Å². The number of nitrogens with one attached hydrogen (secondary N) is 1. The fourth-order valence-corrected chi connectivity index (χ4v) is 6.01. The van der Waals surface area contributed by atoms with Crippen molar-refractivity contribution in [3.05, 3.63) is 94.5 Å². The van der Waals surface area contributed by atoms with Gasteiger partial charge in [-0.3, -0.25) is 9.10 Å². The van der Waals surface area contributed by atoms with E-state index in [2.05, 4.69) is 36.5 Å². The third-order valence-electron chi connectivity index (χ3n) is 5.16. The lowest BCUT2D eigenvalue weighted by atomic mass is 10.2. The number of aryl methyl sites for hydroxylation is 2. The van der Waals surface area contributed by atoms with E-state index in [1.807, 2.05) is 18.7 Å². The highest BCUT2D eigenvalue weighted by molar-refractivity contribution is 7.98. The number of amides is 1. The number of benzene rings is 3. The molecule has 3 rings (SSSR count). The van der Waals surface area contributed by atoms with E-state index in [1.165, 1.54) is 23.3 Å². The molecule has 0 fully saturated rings. The summed E-state index contributed by atoms with van der Waals surface area (Å²) < 4.78 is 27.9. The second-order valence-electron chi connectivity index (χ2n) is 8.02. The van der Waals surface area contributed by atoms with Gasteiger partial charge in [-0.05, 0) is 55.9 Å². The van der Waals surface area contributed by atoms with Crippen molar-refractivity contribution in [3.8, 4) is 0 Å². The van der Waals surface area contributed by atoms with Gasteiger partial charge in [0.2, 0.25) is 5.91 Å². The number of rotatable bonds is 11. The summed E-state index contributed by atoms with van der Waals surface area (Å²) in [4.78, 5) is 12.8. The minimum atomic E-state index is -3.98. The second kappa shape index (κ2) is 12.3. The van der Waals surface area contributed by atoms with Crippen molar-refractivity contribution >= 4 is 45.0 Å². The topological polar surface area (TPSA) is 66.5 Å². The van der Waals surface area contributed by atoms with Crippen molar-refractivity contribution in [2.24, 2.45) is 0 Å². The quantitative estimate of drug-likeness (QED) is 0.337. The van der Waals surface area contributed by atoms with Crippen LogP contribution in [0, 0.1) is 13.8 Å². The molecule has 8 heteroatoms. The Balaban J connectivity index is 1.59. The maximum Gasteiger partial charge on any atom is 0.264 e. The highest BCUT2D eigenvalue weighted by Gasteiger charge is 2.28. The monoisotopic (exact) mass is 516 g/mol. The van der Waals surface area contributed by atoms with Gasteiger partial charge in [-0.2, -0.15) is 11.8 Å². The van der Waals surface area contributed by atoms with Gasteiger partial charge in [-0.1, -0.05) is 71.3 Å². The molecular weight excluding hydrogens is 488 g/mol. The van der Waals surface area contributed by atoms with Crippen molar-refractivity contribution < 1.29 is 13.2 Å². The van der Waals surface area contributed by atoms with E-state index >= 15 is 0 Å². The van der Waals surface area contributed by atoms with Gasteiger partial charge in [0, 0.05) is 12.3 Å². The molecule has 0 unspecified atom stereocenters. The first-order chi connectivity index (χ1) is 16.3. The minimum Gasteiger partial charge on any atom is -0.354 e. The number of nitrogens with zero attached hydrogens (tertiary/aromatic N) is 1. The van der Waals surface area contributed by atoms with E-state index in [0.717, 1.165) is 27.8 Å². The van der Waals surface area contributed by atoms with E-state index in [0.29, 0.717) is 6.54 Å². The zero-order valence-electron chi connectivity index (χ0n) is 19.3. The average molecular weight is 517 g/mol. The normalized spacial score (nSPS) is 11.3. The number of anilines is 1. The lowest BCUT2D eigenvalue weighted by molar-refractivity contribution is -0.119. The summed E-state index contributed by atoms with van der Waals surface area (Å²) in [5.41, 5.74) is 3.75. The fraction of sp³-hybridized carbons (Fsp3) is 0.269. The standard InChI is InChI=1S/C26H29ClN2O3S2/c1-20-11-13-23(14-12-20)34(31,32)29(25-10-4-3-9-24(25)27)18-26(30)28-15-6-16-33-19-22-8-5-7-21(2)17-22/h3-5,7-14,17H,6,15-16,18-19H2,1-2H3,(H,28,30). The van der Waals surface area contributed by atoms with E-state index in [-0.39, 0.29) is 28.1 Å². The number of thioether (sulfide) groups is 1. The van der Waals surface area contributed by atoms with Crippen LogP contribution in [-0.4, -0.2) is 33.2 Å². The van der Waals surface area contributed by atoms with Crippen molar-refractivity contribution in [1.82, 2.24) is 5.32 Å². The molecular formula is C26H29ClN2O3S2. The first-order valence-electron chi connectivity index (χ1n) is 11.0. The van der Waals surface area contributed by atoms with Crippen molar-refractivity contribution in [2.75, 3.05) is 23.1 Å². The molecule has 0 aliphatic rings. The predicted octanol–water partition coefficient (Wildman–Crippen LogP) is 5.59. The van der Waals surface area contributed by atoms with Crippen LogP contribution in [0.4, 0.5) is 5.69 Å². The number of hydrogen-bond donors (Lipinski definition) is 1.